The molecule has 1 aliphatic rings. The summed E-state index contributed by atoms with van der Waals surface area (Å²) in [6, 6.07) is 7.20. The van der Waals surface area contributed by atoms with Gasteiger partial charge in [0.2, 0.25) is 10.0 Å². The quantitative estimate of drug-likeness (QED) is 0.384. The van der Waals surface area contributed by atoms with Crippen LogP contribution in [0.4, 0.5) is 0 Å². The standard InChI is InChI=1S/C18H30N4O2S.HI/c1-18(2,3)21-17(19-4)20-14-15-10-6-7-11-16(15)25(23,24)22-12-8-5-9-13-22;/h6-7,10-11H,5,8-9,12-14H2,1-4H3,(H2,19,20,21);1H. The summed E-state index contributed by atoms with van der Waals surface area (Å²) < 4.78 is 27.6. The lowest BCUT2D eigenvalue weighted by molar-refractivity contribution is 0.346. The smallest absolute Gasteiger partial charge is 0.243 e. The Labute approximate surface area is 174 Å². The fourth-order valence-electron chi connectivity index (χ4n) is 2.86. The molecule has 1 fully saturated rings. The summed E-state index contributed by atoms with van der Waals surface area (Å²) in [6.07, 6.45) is 2.97. The average molecular weight is 494 g/mol. The van der Waals surface area contributed by atoms with E-state index in [0.717, 1.165) is 24.8 Å². The van der Waals surface area contributed by atoms with Crippen molar-refractivity contribution in [3.05, 3.63) is 29.8 Å². The molecule has 0 atom stereocenters. The Morgan fingerprint density at radius 3 is 2.35 bits per heavy atom. The molecule has 1 aromatic rings. The highest BCUT2D eigenvalue weighted by Crippen LogP contribution is 2.23. The lowest BCUT2D eigenvalue weighted by atomic mass is 10.1. The minimum Gasteiger partial charge on any atom is -0.352 e. The Bertz CT molecular complexity index is 708. The van der Waals surface area contributed by atoms with Gasteiger partial charge in [0.1, 0.15) is 0 Å². The zero-order chi connectivity index (χ0) is 18.5. The van der Waals surface area contributed by atoms with E-state index in [1.54, 1.807) is 23.5 Å². The van der Waals surface area contributed by atoms with E-state index in [0.29, 0.717) is 30.5 Å². The summed E-state index contributed by atoms with van der Waals surface area (Å²) in [6.45, 7) is 7.77. The minimum absolute atomic E-state index is 0. The number of halogens is 1. The van der Waals surface area contributed by atoms with Crippen LogP contribution >= 0.6 is 24.0 Å². The Morgan fingerprint density at radius 2 is 1.77 bits per heavy atom. The third-order valence-corrected chi connectivity index (χ3v) is 6.07. The first-order valence-corrected chi connectivity index (χ1v) is 10.2. The van der Waals surface area contributed by atoms with Crippen molar-refractivity contribution in [3.63, 3.8) is 0 Å². The summed E-state index contributed by atoms with van der Waals surface area (Å²) >= 11 is 0. The number of hydrogen-bond donors (Lipinski definition) is 2. The Kier molecular flexibility index (Phi) is 8.81. The zero-order valence-electron chi connectivity index (χ0n) is 16.1. The van der Waals surface area contributed by atoms with Crippen LogP contribution in [0.3, 0.4) is 0 Å². The third kappa shape index (κ3) is 6.38. The van der Waals surface area contributed by atoms with Crippen LogP contribution in [-0.2, 0) is 16.6 Å². The Hall–Kier alpha value is -0.870. The van der Waals surface area contributed by atoms with Crippen molar-refractivity contribution in [3.8, 4) is 0 Å². The van der Waals surface area contributed by atoms with Gasteiger partial charge in [-0.3, -0.25) is 4.99 Å². The van der Waals surface area contributed by atoms with Crippen molar-refractivity contribution in [1.82, 2.24) is 14.9 Å². The minimum atomic E-state index is -3.45. The van der Waals surface area contributed by atoms with E-state index in [-0.39, 0.29) is 29.5 Å². The lowest BCUT2D eigenvalue weighted by Gasteiger charge is -2.27. The number of sulfonamides is 1. The maximum atomic E-state index is 13.0. The molecule has 1 saturated heterocycles. The number of nitrogens with zero attached hydrogens (tertiary/aromatic N) is 2. The molecule has 0 saturated carbocycles. The van der Waals surface area contributed by atoms with Gasteiger partial charge in [0.25, 0.3) is 0 Å². The molecule has 0 aliphatic carbocycles. The second-order valence-corrected chi connectivity index (χ2v) is 9.28. The highest BCUT2D eigenvalue weighted by Gasteiger charge is 2.27. The van der Waals surface area contributed by atoms with Gasteiger partial charge >= 0.3 is 0 Å². The van der Waals surface area contributed by atoms with E-state index in [1.807, 2.05) is 12.1 Å². The molecule has 0 radical (unpaired) electrons. The fourth-order valence-corrected chi connectivity index (χ4v) is 4.60. The van der Waals surface area contributed by atoms with E-state index in [1.165, 1.54) is 0 Å². The molecule has 8 heteroatoms. The van der Waals surface area contributed by atoms with E-state index in [4.69, 9.17) is 0 Å². The predicted octanol–water partition coefficient (Wildman–Crippen LogP) is 2.94. The monoisotopic (exact) mass is 494 g/mol. The van der Waals surface area contributed by atoms with E-state index in [9.17, 15) is 8.42 Å². The van der Waals surface area contributed by atoms with Gasteiger partial charge in [-0.15, -0.1) is 24.0 Å². The van der Waals surface area contributed by atoms with Crippen molar-refractivity contribution >= 4 is 40.0 Å². The Morgan fingerprint density at radius 1 is 1.15 bits per heavy atom. The van der Waals surface area contributed by atoms with E-state index >= 15 is 0 Å². The SMILES string of the molecule is CN=C(NCc1ccccc1S(=O)(=O)N1CCCCC1)NC(C)(C)C.I. The molecule has 2 N–H and O–H groups in total. The number of rotatable bonds is 4. The van der Waals surface area contributed by atoms with Gasteiger partial charge in [-0.1, -0.05) is 24.6 Å². The topological polar surface area (TPSA) is 73.8 Å². The van der Waals surface area contributed by atoms with Crippen LogP contribution in [0, 0.1) is 0 Å². The lowest BCUT2D eigenvalue weighted by Crippen LogP contribution is -2.47. The van der Waals surface area contributed by atoms with Crippen LogP contribution in [0.1, 0.15) is 45.6 Å². The Balaban J connectivity index is 0.00000338. The largest absolute Gasteiger partial charge is 0.352 e. The van der Waals surface area contributed by atoms with Gasteiger partial charge in [-0.05, 0) is 45.2 Å². The van der Waals surface area contributed by atoms with Gasteiger partial charge in [0.05, 0.1) is 4.90 Å². The predicted molar refractivity (Wildman–Crippen MR) is 118 cm³/mol. The molecule has 2 rings (SSSR count). The fraction of sp³-hybridized carbons (Fsp3) is 0.611. The molecule has 0 spiro atoms. The highest BCUT2D eigenvalue weighted by molar-refractivity contribution is 14.0. The summed E-state index contributed by atoms with van der Waals surface area (Å²) in [7, 11) is -1.74. The molecule has 6 nitrogen and oxygen atoms in total. The average Bonchev–Trinajstić information content (AvgIpc) is 2.58. The second-order valence-electron chi connectivity index (χ2n) is 7.37. The van der Waals surface area contributed by atoms with E-state index in [2.05, 4.69) is 36.4 Å². The number of piperidine rings is 1. The molecule has 26 heavy (non-hydrogen) atoms. The maximum Gasteiger partial charge on any atom is 0.243 e. The normalized spacial score (nSPS) is 16.7. The van der Waals surface area contributed by atoms with Crippen LogP contribution < -0.4 is 10.6 Å². The molecule has 0 bridgehead atoms. The third-order valence-electron chi connectivity index (χ3n) is 4.07. The second kappa shape index (κ2) is 9.89. The van der Waals surface area contributed by atoms with Crippen LogP contribution in [0.2, 0.25) is 0 Å². The van der Waals surface area contributed by atoms with Gasteiger partial charge in [0, 0.05) is 32.2 Å². The van der Waals surface area contributed by atoms with Crippen LogP contribution in [0.15, 0.2) is 34.2 Å². The van der Waals surface area contributed by atoms with Gasteiger partial charge in [-0.2, -0.15) is 4.31 Å². The van der Waals surface area contributed by atoms with Gasteiger partial charge < -0.3 is 10.6 Å². The summed E-state index contributed by atoms with van der Waals surface area (Å²) in [5.74, 6) is 0.651. The van der Waals surface area contributed by atoms with Crippen molar-refractivity contribution in [1.29, 1.82) is 0 Å². The molecular formula is C18H31IN4O2S. The maximum absolute atomic E-state index is 13.0. The number of benzene rings is 1. The first-order valence-electron chi connectivity index (χ1n) is 8.81. The first kappa shape index (κ1) is 23.2. The van der Waals surface area contributed by atoms with Gasteiger partial charge in [-0.25, -0.2) is 8.42 Å². The molecule has 0 unspecified atom stereocenters. The van der Waals surface area contributed by atoms with Crippen LogP contribution in [0.5, 0.6) is 0 Å². The van der Waals surface area contributed by atoms with Crippen molar-refractivity contribution in [2.75, 3.05) is 20.1 Å². The number of aliphatic imine (C=N–C) groups is 1. The first-order chi connectivity index (χ1) is 11.7. The summed E-state index contributed by atoms with van der Waals surface area (Å²) in [5, 5.41) is 6.49. The van der Waals surface area contributed by atoms with Crippen molar-refractivity contribution in [2.24, 2.45) is 4.99 Å². The molecule has 148 valence electrons. The van der Waals surface area contributed by atoms with Crippen LogP contribution in [0.25, 0.3) is 0 Å². The van der Waals surface area contributed by atoms with Crippen LogP contribution in [-0.4, -0.2) is 44.4 Å². The van der Waals surface area contributed by atoms with Crippen molar-refractivity contribution in [2.45, 2.75) is 57.0 Å². The summed E-state index contributed by atoms with van der Waals surface area (Å²) in [4.78, 5) is 4.59. The number of guanidine groups is 1. The highest BCUT2D eigenvalue weighted by atomic mass is 127. The molecule has 0 aromatic heterocycles. The summed E-state index contributed by atoms with van der Waals surface area (Å²) in [5.41, 5.74) is 0.631. The molecular weight excluding hydrogens is 463 g/mol. The zero-order valence-corrected chi connectivity index (χ0v) is 19.2. The van der Waals surface area contributed by atoms with Gasteiger partial charge in [0.15, 0.2) is 5.96 Å². The molecule has 1 heterocycles. The molecule has 1 aliphatic heterocycles. The number of hydrogen-bond acceptors (Lipinski definition) is 3. The van der Waals surface area contributed by atoms with E-state index < -0.39 is 10.0 Å². The molecule has 1 aromatic carbocycles. The van der Waals surface area contributed by atoms with Crippen molar-refractivity contribution < 1.29 is 8.42 Å². The molecule has 0 amide bonds. The number of nitrogens with one attached hydrogen (secondary N) is 2.